The molecule has 1 aliphatic heterocycles. The highest BCUT2D eigenvalue weighted by Gasteiger charge is 2.38. The molecule has 0 radical (unpaired) electrons. The summed E-state index contributed by atoms with van der Waals surface area (Å²) in [5, 5.41) is 27.7. The van der Waals surface area contributed by atoms with E-state index in [4.69, 9.17) is 4.74 Å². The zero-order valence-corrected chi connectivity index (χ0v) is 36.4. The Hall–Kier alpha value is -6.27. The van der Waals surface area contributed by atoms with Gasteiger partial charge in [0.1, 0.15) is 53.8 Å². The van der Waals surface area contributed by atoms with E-state index < -0.39 is 102 Å². The summed E-state index contributed by atoms with van der Waals surface area (Å²) in [7, 11) is 1.15. The molecule has 336 valence electrons. The third-order valence-corrected chi connectivity index (χ3v) is 9.73. The van der Waals surface area contributed by atoms with Crippen LogP contribution in [0.25, 0.3) is 0 Å². The first-order valence-corrected chi connectivity index (χ1v) is 20.1. The van der Waals surface area contributed by atoms with E-state index in [9.17, 15) is 48.3 Å². The number of phenolic OH excluding ortho intramolecular Hbond substituents is 1. The topological polar surface area (TPSA) is 277 Å². The van der Waals surface area contributed by atoms with Gasteiger partial charge in [-0.05, 0) is 77.0 Å². The number of rotatable bonds is 14. The largest absolute Gasteiger partial charge is 0.508 e. The number of aromatic hydroxyl groups is 1. The van der Waals surface area contributed by atoms with Crippen molar-refractivity contribution >= 4 is 53.3 Å². The van der Waals surface area contributed by atoms with E-state index in [0.29, 0.717) is 11.1 Å². The molecule has 7 unspecified atom stereocenters. The van der Waals surface area contributed by atoms with Crippen LogP contribution in [0.1, 0.15) is 87.1 Å². The van der Waals surface area contributed by atoms with Crippen molar-refractivity contribution in [3.05, 3.63) is 53.3 Å². The molecule has 1 aromatic rings. The minimum absolute atomic E-state index is 0.0350. The third-order valence-electron chi connectivity index (χ3n) is 9.73. The van der Waals surface area contributed by atoms with Crippen molar-refractivity contribution in [3.63, 3.8) is 0 Å². The highest BCUT2D eigenvalue weighted by molar-refractivity contribution is 6.02. The molecule has 1 heterocycles. The number of ether oxygens (including phenoxy) is 2. The summed E-state index contributed by atoms with van der Waals surface area (Å²) >= 11 is 0. The van der Waals surface area contributed by atoms with Crippen LogP contribution in [0.2, 0.25) is 0 Å². The number of phenols is 1. The fourth-order valence-electron chi connectivity index (χ4n) is 5.94. The SMILES string of the molecule is CC=C(C)C(=O)NC(C(=O)NC(Cc1ccc(O)cc1)C(=O)NC1C(=O)NC(C)C(=O)NC(=CC)C(=O)NC(CCC(=O)OC)C(=O)NC(CC(C)C)C(=O)OC1C)C(C)C. The molecule has 61 heavy (non-hydrogen) atoms. The van der Waals surface area contributed by atoms with E-state index in [1.807, 2.05) is 0 Å². The second kappa shape index (κ2) is 24.1. The van der Waals surface area contributed by atoms with Crippen LogP contribution in [0, 0.1) is 11.8 Å². The van der Waals surface area contributed by atoms with Crippen molar-refractivity contribution in [2.75, 3.05) is 7.11 Å². The maximum Gasteiger partial charge on any atom is 0.328 e. The van der Waals surface area contributed by atoms with Crippen LogP contribution in [-0.4, -0.2) is 108 Å². The highest BCUT2D eigenvalue weighted by atomic mass is 16.5. The summed E-state index contributed by atoms with van der Waals surface area (Å²) in [4.78, 5) is 121. The van der Waals surface area contributed by atoms with Crippen LogP contribution in [-0.2, 0) is 59.0 Å². The number of esters is 2. The van der Waals surface area contributed by atoms with E-state index >= 15 is 0 Å². The summed E-state index contributed by atoms with van der Waals surface area (Å²) in [5.74, 6) is -8.16. The van der Waals surface area contributed by atoms with Crippen molar-refractivity contribution < 1.29 is 57.7 Å². The van der Waals surface area contributed by atoms with Crippen LogP contribution in [0.5, 0.6) is 5.75 Å². The van der Waals surface area contributed by atoms with E-state index in [1.54, 1.807) is 47.6 Å². The lowest BCUT2D eigenvalue weighted by molar-refractivity contribution is -0.156. The summed E-state index contributed by atoms with van der Waals surface area (Å²) in [6.45, 7) is 14.2. The monoisotopic (exact) mass is 855 g/mol. The van der Waals surface area contributed by atoms with Gasteiger partial charge in [0, 0.05) is 18.4 Å². The van der Waals surface area contributed by atoms with Crippen molar-refractivity contribution in [1.29, 1.82) is 0 Å². The van der Waals surface area contributed by atoms with Crippen LogP contribution in [0.4, 0.5) is 0 Å². The number of amides is 7. The number of benzene rings is 1. The average molecular weight is 856 g/mol. The van der Waals surface area contributed by atoms with Gasteiger partial charge in [-0.25, -0.2) is 4.79 Å². The van der Waals surface area contributed by atoms with Gasteiger partial charge in [-0.15, -0.1) is 0 Å². The van der Waals surface area contributed by atoms with Crippen molar-refractivity contribution in [2.45, 2.75) is 130 Å². The molecular formula is C42H61N7O12. The molecule has 1 aromatic carbocycles. The molecule has 0 saturated carbocycles. The van der Waals surface area contributed by atoms with Crippen molar-refractivity contribution in [3.8, 4) is 5.75 Å². The molecule has 1 aliphatic rings. The van der Waals surface area contributed by atoms with Gasteiger partial charge in [0.15, 0.2) is 0 Å². The summed E-state index contributed by atoms with van der Waals surface area (Å²) in [6, 6.07) is -2.52. The van der Waals surface area contributed by atoms with E-state index in [1.165, 1.54) is 51.1 Å². The summed E-state index contributed by atoms with van der Waals surface area (Å²) < 4.78 is 10.4. The van der Waals surface area contributed by atoms with Crippen molar-refractivity contribution in [1.82, 2.24) is 37.2 Å². The molecule has 8 N–H and O–H groups in total. The second-order valence-electron chi connectivity index (χ2n) is 15.5. The standard InChI is InChI=1S/C42H61N7O12/c1-11-23(7)35(52)48-33(22(5)6)40(57)46-30(20-26-13-15-27(50)16-14-26)39(56)49-34-25(9)61-42(59)31(19-21(3)4)47-38(55)29(17-18-32(51)60-10)45-37(54)28(12-2)44-36(53)24(8)43-41(34)58/h11-16,21-22,24-25,29-31,33-34,50H,17-20H2,1-10H3,(H,43,58)(H,44,53)(H,45,54)(H,46,57)(H,47,55)(H,48,52)(H,49,56). The zero-order valence-electron chi connectivity index (χ0n) is 36.4. The minimum atomic E-state index is -1.72. The van der Waals surface area contributed by atoms with Crippen LogP contribution in [0.3, 0.4) is 0 Å². The first-order chi connectivity index (χ1) is 28.6. The van der Waals surface area contributed by atoms with Gasteiger partial charge in [0.05, 0.1) is 7.11 Å². The number of carbonyl (C=O) groups is 9. The summed E-state index contributed by atoms with van der Waals surface area (Å²) in [6.07, 6.45) is 0.699. The molecular weight excluding hydrogens is 794 g/mol. The minimum Gasteiger partial charge on any atom is -0.508 e. The predicted octanol–water partition coefficient (Wildman–Crippen LogP) is 0.450. The van der Waals surface area contributed by atoms with E-state index in [-0.39, 0.29) is 43.0 Å². The number of methoxy groups -OCH3 is 1. The number of carbonyl (C=O) groups excluding carboxylic acids is 9. The second-order valence-corrected chi connectivity index (χ2v) is 15.5. The van der Waals surface area contributed by atoms with E-state index in [0.717, 1.165) is 7.11 Å². The van der Waals surface area contributed by atoms with Crippen LogP contribution < -0.4 is 37.2 Å². The zero-order chi connectivity index (χ0) is 46.1. The normalized spacial score (nSPS) is 22.5. The van der Waals surface area contributed by atoms with Gasteiger partial charge in [0.25, 0.3) is 5.91 Å². The van der Waals surface area contributed by atoms with Gasteiger partial charge in [-0.3, -0.25) is 38.4 Å². The fraction of sp³-hybridized carbons (Fsp3) is 0.548. The molecule has 2 rings (SSSR count). The predicted molar refractivity (Wildman–Crippen MR) is 221 cm³/mol. The number of cyclic esters (lactones) is 1. The lowest BCUT2D eigenvalue weighted by atomic mass is 10.00. The van der Waals surface area contributed by atoms with Gasteiger partial charge in [0.2, 0.25) is 35.4 Å². The maximum atomic E-state index is 14.3. The molecule has 19 heteroatoms. The molecule has 1 fully saturated rings. The molecule has 7 amide bonds. The first kappa shape index (κ1) is 50.9. The fourth-order valence-corrected chi connectivity index (χ4v) is 5.94. The Morgan fingerprint density at radius 1 is 0.869 bits per heavy atom. The lowest BCUT2D eigenvalue weighted by Crippen LogP contribution is -2.62. The van der Waals surface area contributed by atoms with Gasteiger partial charge >= 0.3 is 11.9 Å². The van der Waals surface area contributed by atoms with E-state index in [2.05, 4.69) is 42.0 Å². The highest BCUT2D eigenvalue weighted by Crippen LogP contribution is 2.15. The number of hydrogen-bond donors (Lipinski definition) is 8. The Labute approximate surface area is 356 Å². The summed E-state index contributed by atoms with van der Waals surface area (Å²) in [5.41, 5.74) is 0.546. The Bertz CT molecular complexity index is 1840. The average Bonchev–Trinajstić information content (AvgIpc) is 3.20. The Kier molecular flexibility index (Phi) is 20.1. The quantitative estimate of drug-likeness (QED) is 0.0936. The molecule has 0 aliphatic carbocycles. The Balaban J connectivity index is 2.63. The molecule has 0 spiro atoms. The molecule has 19 nitrogen and oxygen atoms in total. The van der Waals surface area contributed by atoms with Crippen molar-refractivity contribution in [2.24, 2.45) is 11.8 Å². The molecule has 0 bridgehead atoms. The third kappa shape index (κ3) is 16.0. The molecule has 1 saturated heterocycles. The number of allylic oxidation sites excluding steroid dienone is 2. The molecule has 0 aromatic heterocycles. The molecule has 7 atom stereocenters. The van der Waals surface area contributed by atoms with Crippen LogP contribution in [0.15, 0.2) is 47.7 Å². The van der Waals surface area contributed by atoms with Gasteiger partial charge < -0.3 is 51.8 Å². The number of hydrogen-bond acceptors (Lipinski definition) is 12. The number of nitrogens with one attached hydrogen (secondary N) is 7. The lowest BCUT2D eigenvalue weighted by Gasteiger charge is -2.31. The van der Waals surface area contributed by atoms with Gasteiger partial charge in [-0.2, -0.15) is 0 Å². The Morgan fingerprint density at radius 3 is 2.07 bits per heavy atom. The smallest absolute Gasteiger partial charge is 0.328 e. The maximum absolute atomic E-state index is 14.3. The van der Waals surface area contributed by atoms with Crippen LogP contribution >= 0.6 is 0 Å². The first-order valence-electron chi connectivity index (χ1n) is 20.1. The van der Waals surface area contributed by atoms with Gasteiger partial charge in [-0.1, -0.05) is 52.0 Å². The Morgan fingerprint density at radius 2 is 1.51 bits per heavy atom.